The molecule has 17 heavy (non-hydrogen) atoms. The molecule has 0 unspecified atom stereocenters. The third-order valence-electron chi connectivity index (χ3n) is 2.12. The zero-order valence-electron chi connectivity index (χ0n) is 8.53. The van der Waals surface area contributed by atoms with Crippen molar-refractivity contribution in [3.8, 4) is 11.4 Å². The lowest BCUT2D eigenvalue weighted by atomic mass is 10.1. The molecule has 2 rings (SSSR count). The van der Waals surface area contributed by atoms with Crippen LogP contribution in [0.15, 0.2) is 28.8 Å². The van der Waals surface area contributed by atoms with Gasteiger partial charge in [0, 0.05) is 12.1 Å². The van der Waals surface area contributed by atoms with E-state index in [1.54, 1.807) is 0 Å². The van der Waals surface area contributed by atoms with E-state index in [0.717, 1.165) is 11.1 Å². The van der Waals surface area contributed by atoms with Gasteiger partial charge in [-0.1, -0.05) is 64.2 Å². The lowest BCUT2D eigenvalue weighted by Gasteiger charge is -2.01. The van der Waals surface area contributed by atoms with E-state index in [9.17, 15) is 0 Å². The number of rotatable bonds is 2. The summed E-state index contributed by atoms with van der Waals surface area (Å²) in [5, 5.41) is 3.74. The van der Waals surface area contributed by atoms with Crippen molar-refractivity contribution in [2.75, 3.05) is 0 Å². The number of hydrogen-bond donors (Lipinski definition) is 1. The van der Waals surface area contributed by atoms with Crippen molar-refractivity contribution in [1.82, 2.24) is 10.1 Å². The number of hydrogen-bond acceptors (Lipinski definition) is 4. The van der Waals surface area contributed by atoms with Crippen molar-refractivity contribution >= 4 is 34.8 Å². The van der Waals surface area contributed by atoms with Gasteiger partial charge in [-0.3, -0.25) is 0 Å². The molecule has 90 valence electrons. The van der Waals surface area contributed by atoms with Crippen molar-refractivity contribution in [3.05, 3.63) is 35.7 Å². The predicted octanol–water partition coefficient (Wildman–Crippen LogP) is 3.02. The van der Waals surface area contributed by atoms with Crippen LogP contribution in [0.25, 0.3) is 11.4 Å². The Kier molecular flexibility index (Phi) is 3.58. The molecule has 1 aromatic heterocycles. The van der Waals surface area contributed by atoms with Gasteiger partial charge in [-0.2, -0.15) is 4.98 Å². The van der Waals surface area contributed by atoms with E-state index in [-0.39, 0.29) is 5.89 Å². The summed E-state index contributed by atoms with van der Waals surface area (Å²) in [6.07, 6.45) is 0. The molecule has 0 spiro atoms. The molecule has 0 aliphatic rings. The molecule has 4 nitrogen and oxygen atoms in total. The van der Waals surface area contributed by atoms with E-state index < -0.39 is 3.79 Å². The molecular formula is C10H8Cl3N3O. The average Bonchev–Trinajstić information content (AvgIpc) is 2.78. The predicted molar refractivity (Wildman–Crippen MR) is 66.9 cm³/mol. The van der Waals surface area contributed by atoms with Gasteiger partial charge in [0.05, 0.1) is 0 Å². The standard InChI is InChI=1S/C10H8Cl3N3O/c11-10(12,13)9-15-8(16-17-9)7-3-1-6(5-14)2-4-7/h1-4H,5,14H2. The van der Waals surface area contributed by atoms with Crippen molar-refractivity contribution in [2.45, 2.75) is 10.3 Å². The molecule has 0 saturated carbocycles. The fraction of sp³-hybridized carbons (Fsp3) is 0.200. The minimum absolute atomic E-state index is 0.0552. The van der Waals surface area contributed by atoms with E-state index in [0.29, 0.717) is 12.4 Å². The Balaban J connectivity index is 2.30. The van der Waals surface area contributed by atoms with E-state index in [2.05, 4.69) is 10.1 Å². The second-order valence-electron chi connectivity index (χ2n) is 3.32. The summed E-state index contributed by atoms with van der Waals surface area (Å²) in [5.41, 5.74) is 7.28. The van der Waals surface area contributed by atoms with Crippen molar-refractivity contribution in [1.29, 1.82) is 0 Å². The van der Waals surface area contributed by atoms with E-state index in [4.69, 9.17) is 45.1 Å². The van der Waals surface area contributed by atoms with Crippen molar-refractivity contribution < 1.29 is 4.52 Å². The van der Waals surface area contributed by atoms with Crippen LogP contribution in [0.3, 0.4) is 0 Å². The quantitative estimate of drug-likeness (QED) is 0.864. The summed E-state index contributed by atoms with van der Waals surface area (Å²) in [7, 11) is 0. The fourth-order valence-electron chi connectivity index (χ4n) is 1.25. The number of nitrogens with two attached hydrogens (primary N) is 1. The van der Waals surface area contributed by atoms with Crippen LogP contribution in [0.2, 0.25) is 0 Å². The first-order valence-electron chi connectivity index (χ1n) is 4.71. The maximum atomic E-state index is 5.63. The molecule has 1 aromatic carbocycles. The summed E-state index contributed by atoms with van der Waals surface area (Å²) in [6.45, 7) is 0.478. The highest BCUT2D eigenvalue weighted by Crippen LogP contribution is 2.37. The van der Waals surface area contributed by atoms with Gasteiger partial charge in [0.2, 0.25) is 5.82 Å². The molecule has 0 amide bonds. The molecule has 0 fully saturated rings. The first-order valence-corrected chi connectivity index (χ1v) is 5.84. The minimum atomic E-state index is -1.71. The third kappa shape index (κ3) is 2.90. The van der Waals surface area contributed by atoms with Crippen LogP contribution in [0.5, 0.6) is 0 Å². The van der Waals surface area contributed by atoms with Crippen LogP contribution in [-0.4, -0.2) is 10.1 Å². The summed E-state index contributed by atoms with van der Waals surface area (Å²) in [4.78, 5) is 4.00. The molecule has 2 N–H and O–H groups in total. The van der Waals surface area contributed by atoms with Crippen LogP contribution < -0.4 is 5.73 Å². The highest BCUT2D eigenvalue weighted by molar-refractivity contribution is 6.66. The molecule has 7 heteroatoms. The van der Waals surface area contributed by atoms with Crippen molar-refractivity contribution in [3.63, 3.8) is 0 Å². The molecule has 0 aliphatic carbocycles. The molecular weight excluding hydrogens is 284 g/mol. The monoisotopic (exact) mass is 291 g/mol. The highest BCUT2D eigenvalue weighted by Gasteiger charge is 2.30. The topological polar surface area (TPSA) is 64.9 Å². The van der Waals surface area contributed by atoms with Gasteiger partial charge in [-0.05, 0) is 5.56 Å². The number of aromatic nitrogens is 2. The molecule has 0 atom stereocenters. The maximum Gasteiger partial charge on any atom is 0.279 e. The molecule has 0 aliphatic heterocycles. The normalized spacial score (nSPS) is 11.8. The Hall–Kier alpha value is -0.810. The Morgan fingerprint density at radius 3 is 2.29 bits per heavy atom. The van der Waals surface area contributed by atoms with Gasteiger partial charge < -0.3 is 10.3 Å². The van der Waals surface area contributed by atoms with Crippen LogP contribution >= 0.6 is 34.8 Å². The van der Waals surface area contributed by atoms with E-state index in [1.165, 1.54) is 0 Å². The van der Waals surface area contributed by atoms with Gasteiger partial charge in [-0.15, -0.1) is 0 Å². The molecule has 1 heterocycles. The van der Waals surface area contributed by atoms with Crippen molar-refractivity contribution in [2.24, 2.45) is 5.73 Å². The maximum absolute atomic E-state index is 5.63. The molecule has 0 bridgehead atoms. The lowest BCUT2D eigenvalue weighted by Crippen LogP contribution is -1.99. The van der Waals surface area contributed by atoms with Gasteiger partial charge in [0.1, 0.15) is 0 Å². The Morgan fingerprint density at radius 1 is 1.18 bits per heavy atom. The number of halogens is 3. The number of alkyl halides is 3. The van der Waals surface area contributed by atoms with Crippen LogP contribution in [-0.2, 0) is 10.3 Å². The van der Waals surface area contributed by atoms with Crippen LogP contribution in [0, 0.1) is 0 Å². The van der Waals surface area contributed by atoms with Gasteiger partial charge in [0.25, 0.3) is 9.68 Å². The SMILES string of the molecule is NCc1ccc(-c2noc(C(Cl)(Cl)Cl)n2)cc1. The Morgan fingerprint density at radius 2 is 1.82 bits per heavy atom. The third-order valence-corrected chi connectivity index (χ3v) is 2.60. The van der Waals surface area contributed by atoms with E-state index >= 15 is 0 Å². The minimum Gasteiger partial charge on any atom is -0.334 e. The largest absolute Gasteiger partial charge is 0.334 e. The smallest absolute Gasteiger partial charge is 0.279 e. The second-order valence-corrected chi connectivity index (χ2v) is 5.60. The summed E-state index contributed by atoms with van der Waals surface area (Å²) in [5.74, 6) is 0.315. The second kappa shape index (κ2) is 4.82. The zero-order chi connectivity index (χ0) is 12.5. The Bertz CT molecular complexity index is 504. The first-order chi connectivity index (χ1) is 8.00. The summed E-state index contributed by atoms with van der Waals surface area (Å²) >= 11 is 16.9. The van der Waals surface area contributed by atoms with Crippen LogP contribution in [0.1, 0.15) is 11.5 Å². The van der Waals surface area contributed by atoms with E-state index in [1.807, 2.05) is 24.3 Å². The van der Waals surface area contributed by atoms with Crippen LogP contribution in [0.4, 0.5) is 0 Å². The van der Waals surface area contributed by atoms with Gasteiger partial charge in [-0.25, -0.2) is 0 Å². The average molecular weight is 293 g/mol. The number of benzene rings is 1. The summed E-state index contributed by atoms with van der Waals surface area (Å²) < 4.78 is 3.15. The summed E-state index contributed by atoms with van der Waals surface area (Å²) in [6, 6.07) is 7.41. The van der Waals surface area contributed by atoms with Gasteiger partial charge >= 0.3 is 0 Å². The lowest BCUT2D eigenvalue weighted by molar-refractivity contribution is 0.383. The first kappa shape index (κ1) is 12.6. The Labute approximate surface area is 113 Å². The molecule has 0 saturated heterocycles. The molecule has 0 radical (unpaired) electrons. The highest BCUT2D eigenvalue weighted by atomic mass is 35.6. The fourth-order valence-corrected chi connectivity index (χ4v) is 1.48. The zero-order valence-corrected chi connectivity index (χ0v) is 10.8. The van der Waals surface area contributed by atoms with Gasteiger partial charge in [0.15, 0.2) is 0 Å². The number of nitrogens with zero attached hydrogens (tertiary/aromatic N) is 2. The molecule has 2 aromatic rings.